The predicted octanol–water partition coefficient (Wildman–Crippen LogP) is 5.64. The van der Waals surface area contributed by atoms with Crippen LogP contribution < -0.4 is 9.46 Å². The summed E-state index contributed by atoms with van der Waals surface area (Å²) in [6.07, 6.45) is 4.68. The monoisotopic (exact) mass is 470 g/mol. The second-order valence-corrected chi connectivity index (χ2v) is 8.65. The molecule has 3 aromatic carbocycles. The smallest absolute Gasteiger partial charge is 0.151 e. The number of rotatable bonds is 6. The van der Waals surface area contributed by atoms with Gasteiger partial charge in [0.15, 0.2) is 11.0 Å². The van der Waals surface area contributed by atoms with Crippen molar-refractivity contribution in [3.05, 3.63) is 97.3 Å². The second-order valence-electron chi connectivity index (χ2n) is 7.43. The minimum Gasteiger partial charge on any atom is -0.496 e. The lowest BCUT2D eigenvalue weighted by atomic mass is 9.98. The van der Waals surface area contributed by atoms with Crippen molar-refractivity contribution in [2.75, 3.05) is 11.8 Å². The SMILES string of the molecule is COc1ccc(-c2cccc(F)c2)cc1-c1nccc2cc(S(=O)Nc3ccncn3)ccc12. The molecule has 0 bridgehead atoms. The summed E-state index contributed by atoms with van der Waals surface area (Å²) in [5.74, 6) is 0.829. The van der Waals surface area contributed by atoms with E-state index >= 15 is 0 Å². The first-order valence-electron chi connectivity index (χ1n) is 10.4. The maximum Gasteiger partial charge on any atom is 0.151 e. The van der Waals surface area contributed by atoms with E-state index < -0.39 is 11.0 Å². The summed E-state index contributed by atoms with van der Waals surface area (Å²) in [5.41, 5.74) is 3.11. The number of halogens is 1. The minimum absolute atomic E-state index is 0.297. The number of aromatic nitrogens is 3. The summed E-state index contributed by atoms with van der Waals surface area (Å²) < 4.78 is 35.1. The van der Waals surface area contributed by atoms with Gasteiger partial charge in [-0.05, 0) is 65.0 Å². The lowest BCUT2D eigenvalue weighted by Crippen LogP contribution is -2.06. The lowest BCUT2D eigenvalue weighted by molar-refractivity contribution is 0.416. The summed E-state index contributed by atoms with van der Waals surface area (Å²) in [7, 11) is 0.104. The molecule has 5 aromatic rings. The van der Waals surface area contributed by atoms with E-state index in [0.29, 0.717) is 22.2 Å². The Balaban J connectivity index is 1.56. The highest BCUT2D eigenvalue weighted by atomic mass is 32.2. The first kappa shape index (κ1) is 21.7. The Morgan fingerprint density at radius 1 is 0.912 bits per heavy atom. The van der Waals surface area contributed by atoms with Gasteiger partial charge in [-0.2, -0.15) is 0 Å². The topological polar surface area (TPSA) is 77.0 Å². The molecule has 0 amide bonds. The Kier molecular flexibility index (Phi) is 5.97. The zero-order chi connectivity index (χ0) is 23.5. The van der Waals surface area contributed by atoms with E-state index in [1.54, 1.807) is 37.7 Å². The van der Waals surface area contributed by atoms with E-state index in [1.807, 2.05) is 42.5 Å². The number of methoxy groups -OCH3 is 1. The first-order chi connectivity index (χ1) is 16.6. The highest BCUT2D eigenvalue weighted by Gasteiger charge is 2.14. The molecule has 0 radical (unpaired) electrons. The van der Waals surface area contributed by atoms with Gasteiger partial charge in [-0.1, -0.05) is 24.3 Å². The van der Waals surface area contributed by atoms with Gasteiger partial charge in [-0.15, -0.1) is 0 Å². The lowest BCUT2D eigenvalue weighted by Gasteiger charge is -2.13. The van der Waals surface area contributed by atoms with E-state index in [1.165, 1.54) is 18.5 Å². The first-order valence-corrected chi connectivity index (χ1v) is 11.5. The van der Waals surface area contributed by atoms with Gasteiger partial charge < -0.3 is 4.74 Å². The van der Waals surface area contributed by atoms with E-state index in [2.05, 4.69) is 19.7 Å². The third kappa shape index (κ3) is 4.35. The van der Waals surface area contributed by atoms with Crippen molar-refractivity contribution >= 4 is 27.6 Å². The summed E-state index contributed by atoms with van der Waals surface area (Å²) in [6.45, 7) is 0. The van der Waals surface area contributed by atoms with Crippen molar-refractivity contribution in [1.82, 2.24) is 15.0 Å². The summed E-state index contributed by atoms with van der Waals surface area (Å²) >= 11 is 0. The molecule has 2 aromatic heterocycles. The molecule has 0 aliphatic carbocycles. The third-order valence-corrected chi connectivity index (χ3v) is 6.42. The zero-order valence-corrected chi connectivity index (χ0v) is 18.9. The number of pyridine rings is 1. The van der Waals surface area contributed by atoms with Crippen LogP contribution in [-0.4, -0.2) is 26.3 Å². The number of hydrogen-bond donors (Lipinski definition) is 1. The second kappa shape index (κ2) is 9.36. The van der Waals surface area contributed by atoms with Crippen molar-refractivity contribution in [3.8, 4) is 28.1 Å². The Morgan fingerprint density at radius 3 is 2.59 bits per heavy atom. The molecule has 5 rings (SSSR count). The molecule has 0 aliphatic rings. The molecule has 0 aliphatic heterocycles. The Labute approximate surface area is 198 Å². The van der Waals surface area contributed by atoms with Gasteiger partial charge in [0.25, 0.3) is 0 Å². The highest BCUT2D eigenvalue weighted by molar-refractivity contribution is 7.86. The standard InChI is InChI=1S/C26H19FN4O2S/c1-33-24-8-5-18(17-3-2-4-20(27)13-17)15-23(24)26-22-7-6-21(14-19(22)9-12-29-26)34(32)31-25-10-11-28-16-30-25/h2-16H,1H3,(H,28,30,31). The van der Waals surface area contributed by atoms with Gasteiger partial charge in [0.05, 0.1) is 17.7 Å². The van der Waals surface area contributed by atoms with Crippen molar-refractivity contribution in [2.24, 2.45) is 0 Å². The fourth-order valence-corrected chi connectivity index (χ4v) is 4.59. The average molecular weight is 471 g/mol. The van der Waals surface area contributed by atoms with Gasteiger partial charge in [0.2, 0.25) is 0 Å². The third-order valence-electron chi connectivity index (χ3n) is 5.34. The van der Waals surface area contributed by atoms with Gasteiger partial charge in [-0.25, -0.2) is 18.6 Å². The van der Waals surface area contributed by atoms with Crippen LogP contribution in [0.4, 0.5) is 10.2 Å². The number of benzene rings is 3. The molecule has 6 nitrogen and oxygen atoms in total. The normalized spacial score (nSPS) is 11.8. The fourth-order valence-electron chi connectivity index (χ4n) is 3.73. The van der Waals surface area contributed by atoms with E-state index in [4.69, 9.17) is 4.74 Å². The van der Waals surface area contributed by atoms with Crippen LogP contribution in [0, 0.1) is 5.82 Å². The number of anilines is 1. The maximum absolute atomic E-state index is 13.8. The van der Waals surface area contributed by atoms with Gasteiger partial charge >= 0.3 is 0 Å². The maximum atomic E-state index is 13.8. The number of fused-ring (bicyclic) bond motifs is 1. The van der Waals surface area contributed by atoms with E-state index in [0.717, 1.165) is 27.5 Å². The van der Waals surface area contributed by atoms with Crippen LogP contribution in [0.3, 0.4) is 0 Å². The summed E-state index contributed by atoms with van der Waals surface area (Å²) in [5, 5.41) is 1.75. The fraction of sp³-hybridized carbons (Fsp3) is 0.0385. The molecule has 0 saturated carbocycles. The Hall–Kier alpha value is -4.17. The van der Waals surface area contributed by atoms with Crippen molar-refractivity contribution in [2.45, 2.75) is 4.90 Å². The van der Waals surface area contributed by atoms with Crippen LogP contribution in [0.1, 0.15) is 0 Å². The summed E-state index contributed by atoms with van der Waals surface area (Å²) in [6, 6.07) is 21.2. The average Bonchev–Trinajstić information content (AvgIpc) is 2.88. The molecule has 0 spiro atoms. The molecule has 1 atom stereocenters. The number of nitrogens with zero attached hydrogens (tertiary/aromatic N) is 3. The molecule has 0 fully saturated rings. The minimum atomic E-state index is -1.50. The van der Waals surface area contributed by atoms with Crippen LogP contribution in [0.5, 0.6) is 5.75 Å². The zero-order valence-electron chi connectivity index (χ0n) is 18.1. The van der Waals surface area contributed by atoms with Crippen molar-refractivity contribution in [3.63, 3.8) is 0 Å². The van der Waals surface area contributed by atoms with Crippen molar-refractivity contribution in [1.29, 1.82) is 0 Å². The van der Waals surface area contributed by atoms with Crippen LogP contribution >= 0.6 is 0 Å². The molecule has 2 heterocycles. The van der Waals surface area contributed by atoms with Crippen LogP contribution in [-0.2, 0) is 11.0 Å². The number of hydrogen-bond acceptors (Lipinski definition) is 5. The number of ether oxygens (including phenoxy) is 1. The van der Waals surface area contributed by atoms with E-state index in [9.17, 15) is 8.60 Å². The largest absolute Gasteiger partial charge is 0.496 e. The van der Waals surface area contributed by atoms with Gasteiger partial charge in [-0.3, -0.25) is 9.71 Å². The number of nitrogens with one attached hydrogen (secondary N) is 1. The molecule has 168 valence electrons. The molecular formula is C26H19FN4O2S. The van der Waals surface area contributed by atoms with Crippen LogP contribution in [0.25, 0.3) is 33.2 Å². The van der Waals surface area contributed by atoms with Crippen LogP contribution in [0.2, 0.25) is 0 Å². The highest BCUT2D eigenvalue weighted by Crippen LogP contribution is 2.37. The van der Waals surface area contributed by atoms with Crippen molar-refractivity contribution < 1.29 is 13.3 Å². The molecule has 0 saturated heterocycles. The Morgan fingerprint density at radius 2 is 1.79 bits per heavy atom. The van der Waals surface area contributed by atoms with E-state index in [-0.39, 0.29) is 5.82 Å². The quantitative estimate of drug-likeness (QED) is 0.347. The van der Waals surface area contributed by atoms with Crippen LogP contribution in [0.15, 0.2) is 96.4 Å². The predicted molar refractivity (Wildman–Crippen MR) is 131 cm³/mol. The summed E-state index contributed by atoms with van der Waals surface area (Å²) in [4.78, 5) is 13.1. The Bertz CT molecular complexity index is 1510. The molecule has 8 heteroatoms. The van der Waals surface area contributed by atoms with Gasteiger partial charge in [0.1, 0.15) is 23.7 Å². The molecular weight excluding hydrogens is 451 g/mol. The molecule has 1 N–H and O–H groups in total. The molecule has 1 unspecified atom stereocenters. The van der Waals surface area contributed by atoms with Gasteiger partial charge in [0, 0.05) is 23.3 Å². The molecule has 34 heavy (non-hydrogen) atoms.